The number of nitrogens with zero attached hydrogens (tertiary/aromatic N) is 4. The number of nitrogen functional groups attached to an aromatic ring is 2. The Morgan fingerprint density at radius 1 is 1.12 bits per heavy atom. The van der Waals surface area contributed by atoms with E-state index in [1.807, 2.05) is 30.3 Å². The van der Waals surface area contributed by atoms with Crippen LogP contribution in [0.15, 0.2) is 30.3 Å². The second kappa shape index (κ2) is 6.77. The van der Waals surface area contributed by atoms with Gasteiger partial charge in [-0.2, -0.15) is 9.97 Å². The predicted molar refractivity (Wildman–Crippen MR) is 92.4 cm³/mol. The van der Waals surface area contributed by atoms with E-state index in [1.54, 1.807) is 4.57 Å². The number of nitrogens with two attached hydrogens (primary N) is 2. The number of fused-ring (bicyclic) bond motifs is 1. The van der Waals surface area contributed by atoms with Gasteiger partial charge in [-0.25, -0.2) is 4.98 Å². The number of ether oxygens (including phenoxy) is 1. The van der Waals surface area contributed by atoms with Crippen LogP contribution < -0.4 is 11.5 Å². The summed E-state index contributed by atoms with van der Waals surface area (Å²) in [7, 11) is -4.22. The molecule has 0 saturated carbocycles. The highest BCUT2D eigenvalue weighted by Crippen LogP contribution is 2.34. The number of rotatable bonds is 6. The maximum Gasteiger partial charge on any atom is 0.350 e. The topological polar surface area (TPSA) is 162 Å². The number of benzene rings is 1. The van der Waals surface area contributed by atoms with Crippen molar-refractivity contribution in [2.45, 2.75) is 6.54 Å². The summed E-state index contributed by atoms with van der Waals surface area (Å²) in [6, 6.07) is 9.37. The van der Waals surface area contributed by atoms with E-state index < -0.39 is 13.9 Å². The highest BCUT2D eigenvalue weighted by atomic mass is 31.2. The molecule has 11 heteroatoms. The van der Waals surface area contributed by atoms with Crippen molar-refractivity contribution in [3.8, 4) is 11.4 Å². The number of hydrogen-bond donors (Lipinski definition) is 4. The van der Waals surface area contributed by atoms with Crippen LogP contribution in [0.25, 0.3) is 22.6 Å². The lowest BCUT2D eigenvalue weighted by atomic mass is 10.2. The molecule has 0 aliphatic rings. The van der Waals surface area contributed by atoms with Crippen molar-refractivity contribution < 1.29 is 19.1 Å². The first-order valence-electron chi connectivity index (χ1n) is 7.32. The fraction of sp³-hybridized carbons (Fsp3) is 0.214. The van der Waals surface area contributed by atoms with E-state index >= 15 is 0 Å². The van der Waals surface area contributed by atoms with Gasteiger partial charge >= 0.3 is 7.60 Å². The lowest BCUT2D eigenvalue weighted by molar-refractivity contribution is 0.149. The Labute approximate surface area is 142 Å². The Balaban J connectivity index is 2.00. The molecule has 0 spiro atoms. The standard InChI is InChI=1S/C14H17N6O4P/c15-11-10-13(19-14(16)18-11)20(6-7-24-8-25(21,22)23)12(17-10)9-4-2-1-3-5-9/h1-5H,6-8H2,(H2,21,22,23)(H4,15,16,18,19). The Morgan fingerprint density at radius 2 is 1.84 bits per heavy atom. The van der Waals surface area contributed by atoms with E-state index in [2.05, 4.69) is 15.0 Å². The molecule has 0 saturated heterocycles. The van der Waals surface area contributed by atoms with E-state index in [0.717, 1.165) is 5.56 Å². The van der Waals surface area contributed by atoms with Gasteiger partial charge in [0.05, 0.1) is 6.61 Å². The van der Waals surface area contributed by atoms with Crippen molar-refractivity contribution >= 4 is 30.5 Å². The van der Waals surface area contributed by atoms with Crippen molar-refractivity contribution in [2.75, 3.05) is 24.4 Å². The highest BCUT2D eigenvalue weighted by Gasteiger charge is 2.18. The molecule has 3 aromatic rings. The van der Waals surface area contributed by atoms with Gasteiger partial charge in [-0.05, 0) is 0 Å². The van der Waals surface area contributed by atoms with Gasteiger partial charge in [-0.1, -0.05) is 30.3 Å². The second-order valence-electron chi connectivity index (χ2n) is 5.29. The molecule has 0 amide bonds. The van der Waals surface area contributed by atoms with Crippen LogP contribution in [0, 0.1) is 0 Å². The Bertz CT molecular complexity index is 939. The molecule has 0 fully saturated rings. The molecule has 132 valence electrons. The normalized spacial score (nSPS) is 11.9. The quantitative estimate of drug-likeness (QED) is 0.366. The first-order valence-corrected chi connectivity index (χ1v) is 9.12. The fourth-order valence-corrected chi connectivity index (χ4v) is 2.77. The zero-order valence-electron chi connectivity index (χ0n) is 13.1. The first-order chi connectivity index (χ1) is 11.8. The van der Waals surface area contributed by atoms with Gasteiger partial charge in [0, 0.05) is 12.1 Å². The van der Waals surface area contributed by atoms with E-state index in [1.165, 1.54) is 0 Å². The molecule has 0 unspecified atom stereocenters. The van der Waals surface area contributed by atoms with Crippen molar-refractivity contribution in [1.29, 1.82) is 0 Å². The van der Waals surface area contributed by atoms with Crippen LogP contribution in [0.4, 0.5) is 11.8 Å². The van der Waals surface area contributed by atoms with Gasteiger partial charge in [0.25, 0.3) is 0 Å². The Morgan fingerprint density at radius 3 is 2.52 bits per heavy atom. The van der Waals surface area contributed by atoms with Crippen molar-refractivity contribution in [3.05, 3.63) is 30.3 Å². The van der Waals surface area contributed by atoms with Gasteiger partial charge < -0.3 is 30.6 Å². The molecule has 1 aromatic carbocycles. The summed E-state index contributed by atoms with van der Waals surface area (Å²) < 4.78 is 17.7. The number of hydrogen-bond acceptors (Lipinski definition) is 7. The van der Waals surface area contributed by atoms with Crippen LogP contribution in [0.3, 0.4) is 0 Å². The Kier molecular flexibility index (Phi) is 4.69. The van der Waals surface area contributed by atoms with E-state index in [9.17, 15) is 4.57 Å². The largest absolute Gasteiger partial charge is 0.382 e. The van der Waals surface area contributed by atoms with Gasteiger partial charge in [-0.15, -0.1) is 0 Å². The van der Waals surface area contributed by atoms with Crippen LogP contribution in [0.1, 0.15) is 0 Å². The average molecular weight is 364 g/mol. The third-order valence-corrected chi connectivity index (χ3v) is 3.91. The van der Waals surface area contributed by atoms with Gasteiger partial charge in [0.1, 0.15) is 12.2 Å². The third-order valence-electron chi connectivity index (χ3n) is 3.39. The summed E-state index contributed by atoms with van der Waals surface area (Å²) in [6.45, 7) is 0.316. The maximum absolute atomic E-state index is 10.9. The fourth-order valence-electron chi connectivity index (χ4n) is 2.40. The number of aromatic nitrogens is 4. The number of imidazole rings is 1. The van der Waals surface area contributed by atoms with Crippen molar-refractivity contribution in [3.63, 3.8) is 0 Å². The predicted octanol–water partition coefficient (Wildman–Crippen LogP) is 0.810. The first kappa shape index (κ1) is 17.3. The van der Waals surface area contributed by atoms with Crippen LogP contribution in [-0.4, -0.2) is 42.3 Å². The van der Waals surface area contributed by atoms with Crippen LogP contribution in [0.2, 0.25) is 0 Å². The lowest BCUT2D eigenvalue weighted by Gasteiger charge is -2.10. The molecular weight excluding hydrogens is 347 g/mol. The summed E-state index contributed by atoms with van der Waals surface area (Å²) in [5.41, 5.74) is 13.2. The van der Waals surface area contributed by atoms with Gasteiger partial charge in [0.2, 0.25) is 5.95 Å². The monoisotopic (exact) mass is 364 g/mol. The summed E-state index contributed by atoms with van der Waals surface area (Å²) in [6.07, 6.45) is -0.653. The second-order valence-corrected chi connectivity index (χ2v) is 6.88. The zero-order chi connectivity index (χ0) is 18.0. The van der Waals surface area contributed by atoms with Crippen molar-refractivity contribution in [1.82, 2.24) is 19.5 Å². The van der Waals surface area contributed by atoms with E-state index in [4.69, 9.17) is 26.0 Å². The minimum Gasteiger partial charge on any atom is -0.382 e. The average Bonchev–Trinajstić information content (AvgIpc) is 2.90. The third kappa shape index (κ3) is 3.94. The van der Waals surface area contributed by atoms with Crippen LogP contribution in [-0.2, 0) is 15.8 Å². The smallest absolute Gasteiger partial charge is 0.350 e. The summed E-state index contributed by atoms with van der Waals surface area (Å²) in [4.78, 5) is 30.3. The van der Waals surface area contributed by atoms with Gasteiger partial charge in [-0.3, -0.25) is 4.57 Å². The van der Waals surface area contributed by atoms with Crippen molar-refractivity contribution in [2.24, 2.45) is 0 Å². The summed E-state index contributed by atoms with van der Waals surface area (Å²) >= 11 is 0. The van der Waals surface area contributed by atoms with Gasteiger partial charge in [0.15, 0.2) is 17.0 Å². The zero-order valence-corrected chi connectivity index (χ0v) is 14.0. The molecule has 0 radical (unpaired) electrons. The summed E-state index contributed by atoms with van der Waals surface area (Å²) in [5, 5.41) is 0. The van der Waals surface area contributed by atoms with Crippen LogP contribution in [0.5, 0.6) is 0 Å². The highest BCUT2D eigenvalue weighted by molar-refractivity contribution is 7.51. The molecule has 0 atom stereocenters. The van der Waals surface area contributed by atoms with E-state index in [0.29, 0.717) is 17.0 Å². The Hall–Kier alpha value is -2.52. The maximum atomic E-state index is 10.9. The molecule has 2 heterocycles. The summed E-state index contributed by atoms with van der Waals surface area (Å²) in [5.74, 6) is 0.762. The molecule has 25 heavy (non-hydrogen) atoms. The SMILES string of the molecule is Nc1nc(N)c2nc(-c3ccccc3)n(CCOCP(=O)(O)O)c2n1. The molecule has 2 aromatic heterocycles. The molecular formula is C14H17N6O4P. The molecule has 6 N–H and O–H groups in total. The minimum absolute atomic E-state index is 0.0156. The molecule has 0 aliphatic carbocycles. The van der Waals surface area contributed by atoms with Crippen LogP contribution >= 0.6 is 7.60 Å². The van der Waals surface area contributed by atoms with E-state index in [-0.39, 0.29) is 24.9 Å². The lowest BCUT2D eigenvalue weighted by Crippen LogP contribution is -2.10. The molecule has 0 aliphatic heterocycles. The molecule has 10 nitrogen and oxygen atoms in total. The molecule has 3 rings (SSSR count). The minimum atomic E-state index is -4.22. The molecule has 0 bridgehead atoms. The number of anilines is 2.